The van der Waals surface area contributed by atoms with Crippen LogP contribution in [0.3, 0.4) is 0 Å². The van der Waals surface area contributed by atoms with Crippen molar-refractivity contribution in [2.24, 2.45) is 0 Å². The lowest BCUT2D eigenvalue weighted by molar-refractivity contribution is 0.0527. The Labute approximate surface area is 155 Å². The Hall–Kier alpha value is -2.54. The average Bonchev–Trinajstić information content (AvgIpc) is 2.92. The Balaban J connectivity index is 2.26. The number of rotatable bonds is 7. The second kappa shape index (κ2) is 8.23. The van der Waals surface area contributed by atoms with Crippen molar-refractivity contribution in [2.45, 2.75) is 27.7 Å². The molecule has 0 atom stereocenters. The minimum absolute atomic E-state index is 0.133. The van der Waals surface area contributed by atoms with Gasteiger partial charge in [-0.15, -0.1) is 11.3 Å². The number of hydrogen-bond acceptors (Lipinski definition) is 6. The Morgan fingerprint density at radius 2 is 1.92 bits per heavy atom. The van der Waals surface area contributed by atoms with Crippen LogP contribution in [0, 0.1) is 19.7 Å². The zero-order valence-electron chi connectivity index (χ0n) is 15.1. The molecule has 0 aliphatic rings. The van der Waals surface area contributed by atoms with Crippen LogP contribution < -0.4 is 5.32 Å². The first-order valence-electron chi connectivity index (χ1n) is 8.10. The van der Waals surface area contributed by atoms with E-state index in [9.17, 15) is 18.8 Å². The summed E-state index contributed by atoms with van der Waals surface area (Å²) in [4.78, 5) is 36.7. The molecule has 0 bridgehead atoms. The summed E-state index contributed by atoms with van der Waals surface area (Å²) < 4.78 is 18.7. The van der Waals surface area contributed by atoms with E-state index in [4.69, 9.17) is 4.74 Å². The minimum atomic E-state index is -0.551. The predicted octanol–water partition coefficient (Wildman–Crippen LogP) is 4.18. The summed E-state index contributed by atoms with van der Waals surface area (Å²) in [6, 6.07) is 4.28. The van der Waals surface area contributed by atoms with Crippen molar-refractivity contribution in [1.82, 2.24) is 0 Å². The van der Waals surface area contributed by atoms with Gasteiger partial charge >= 0.3 is 5.97 Å². The highest BCUT2D eigenvalue weighted by Gasteiger charge is 2.24. The molecule has 0 unspecified atom stereocenters. The van der Waals surface area contributed by atoms with E-state index in [1.54, 1.807) is 26.8 Å². The van der Waals surface area contributed by atoms with Gasteiger partial charge in [-0.2, -0.15) is 0 Å². The fourth-order valence-corrected chi connectivity index (χ4v) is 3.54. The highest BCUT2D eigenvalue weighted by atomic mass is 32.1. The van der Waals surface area contributed by atoms with Gasteiger partial charge < -0.3 is 10.1 Å². The second-order valence-corrected chi connectivity index (χ2v) is 6.80. The molecule has 0 spiro atoms. The molecule has 7 heteroatoms. The van der Waals surface area contributed by atoms with Crippen LogP contribution in [0.2, 0.25) is 0 Å². The molecule has 1 N–H and O–H groups in total. The van der Waals surface area contributed by atoms with Gasteiger partial charge in [0.1, 0.15) is 10.8 Å². The smallest absolute Gasteiger partial charge is 0.341 e. The van der Waals surface area contributed by atoms with E-state index in [-0.39, 0.29) is 35.8 Å². The molecule has 138 valence electrons. The number of esters is 1. The first-order valence-corrected chi connectivity index (χ1v) is 8.92. The van der Waals surface area contributed by atoms with E-state index in [2.05, 4.69) is 5.32 Å². The lowest BCUT2D eigenvalue weighted by atomic mass is 10.1. The molecular weight excluding hydrogens is 357 g/mol. The van der Waals surface area contributed by atoms with Gasteiger partial charge in [0, 0.05) is 5.56 Å². The summed E-state index contributed by atoms with van der Waals surface area (Å²) in [5.74, 6) is -1.49. The number of carbonyl (C=O) groups is 3. The fraction of sp³-hybridized carbons (Fsp3) is 0.316. The van der Waals surface area contributed by atoms with Gasteiger partial charge in [0.25, 0.3) is 0 Å². The van der Waals surface area contributed by atoms with Crippen molar-refractivity contribution in [2.75, 3.05) is 18.5 Å². The van der Waals surface area contributed by atoms with Gasteiger partial charge in [-0.25, -0.2) is 9.18 Å². The van der Waals surface area contributed by atoms with Gasteiger partial charge in [-0.1, -0.05) is 12.1 Å². The molecular formula is C19H20FNO4S. The standard InChI is InChI=1S/C19H20FNO4S/c1-5-25-19(24)16-11(3)17(12(4)22)26-18(16)21-9-15(23)13-7-6-10(2)14(20)8-13/h6-8,21H,5,9H2,1-4H3. The predicted molar refractivity (Wildman–Crippen MR) is 99.0 cm³/mol. The van der Waals surface area contributed by atoms with Gasteiger partial charge in [0.05, 0.1) is 23.6 Å². The van der Waals surface area contributed by atoms with Crippen LogP contribution in [0.15, 0.2) is 18.2 Å². The molecule has 1 aromatic heterocycles. The maximum absolute atomic E-state index is 13.6. The summed E-state index contributed by atoms with van der Waals surface area (Å²) in [6.07, 6.45) is 0. The largest absolute Gasteiger partial charge is 0.462 e. The number of ether oxygens (including phenoxy) is 1. The van der Waals surface area contributed by atoms with E-state index in [1.807, 2.05) is 0 Å². The average molecular weight is 377 g/mol. The molecule has 0 saturated heterocycles. The number of aryl methyl sites for hydroxylation is 1. The third-order valence-corrected chi connectivity index (χ3v) is 5.20. The van der Waals surface area contributed by atoms with Gasteiger partial charge in [0.2, 0.25) is 0 Å². The molecule has 1 heterocycles. The van der Waals surface area contributed by atoms with Crippen molar-refractivity contribution >= 4 is 33.9 Å². The third-order valence-electron chi connectivity index (χ3n) is 3.85. The van der Waals surface area contributed by atoms with Crippen molar-refractivity contribution < 1.29 is 23.5 Å². The van der Waals surface area contributed by atoms with Crippen molar-refractivity contribution in [1.29, 1.82) is 0 Å². The number of Topliss-reactive ketones (excluding diaryl/α,β-unsaturated/α-hetero) is 2. The number of benzene rings is 1. The van der Waals surface area contributed by atoms with Crippen LogP contribution in [0.5, 0.6) is 0 Å². The SMILES string of the molecule is CCOC(=O)c1c(NCC(=O)c2ccc(C)c(F)c2)sc(C(C)=O)c1C. The Bertz CT molecular complexity index is 873. The summed E-state index contributed by atoms with van der Waals surface area (Å²) >= 11 is 1.10. The lowest BCUT2D eigenvalue weighted by Gasteiger charge is -2.08. The molecule has 0 aliphatic carbocycles. The molecule has 2 rings (SSSR count). The Morgan fingerprint density at radius 1 is 1.23 bits per heavy atom. The van der Waals surface area contributed by atoms with Crippen molar-refractivity contribution in [3.8, 4) is 0 Å². The zero-order chi connectivity index (χ0) is 19.4. The fourth-order valence-electron chi connectivity index (χ4n) is 2.45. The zero-order valence-corrected chi connectivity index (χ0v) is 15.9. The number of halogens is 1. The highest BCUT2D eigenvalue weighted by Crippen LogP contribution is 2.34. The van der Waals surface area contributed by atoms with E-state index in [0.717, 1.165) is 11.3 Å². The molecule has 0 saturated carbocycles. The van der Waals surface area contributed by atoms with E-state index < -0.39 is 11.8 Å². The third kappa shape index (κ3) is 4.16. The molecule has 0 aliphatic heterocycles. The van der Waals surface area contributed by atoms with Gasteiger partial charge in [-0.05, 0) is 44.9 Å². The monoisotopic (exact) mass is 377 g/mol. The second-order valence-electron chi connectivity index (χ2n) is 5.78. The molecule has 0 radical (unpaired) electrons. The van der Waals surface area contributed by atoms with E-state index >= 15 is 0 Å². The number of nitrogens with one attached hydrogen (secondary N) is 1. The summed E-state index contributed by atoms with van der Waals surface area (Å²) in [5, 5.41) is 3.29. The van der Waals surface area contributed by atoms with E-state index in [0.29, 0.717) is 21.0 Å². The van der Waals surface area contributed by atoms with Crippen LogP contribution in [-0.2, 0) is 4.74 Å². The van der Waals surface area contributed by atoms with Crippen LogP contribution >= 0.6 is 11.3 Å². The van der Waals surface area contributed by atoms with Crippen LogP contribution in [0.25, 0.3) is 0 Å². The number of hydrogen-bond donors (Lipinski definition) is 1. The van der Waals surface area contributed by atoms with Crippen LogP contribution in [0.4, 0.5) is 9.39 Å². The van der Waals surface area contributed by atoms with Gasteiger partial charge in [0.15, 0.2) is 11.6 Å². The maximum Gasteiger partial charge on any atom is 0.341 e. The first-order chi connectivity index (χ1) is 12.3. The number of carbonyl (C=O) groups excluding carboxylic acids is 3. The number of thiophene rings is 1. The Kier molecular flexibility index (Phi) is 6.26. The number of anilines is 1. The summed E-state index contributed by atoms with van der Waals surface area (Å²) in [6.45, 7) is 6.45. The molecule has 0 fully saturated rings. The van der Waals surface area contributed by atoms with Crippen molar-refractivity contribution in [3.63, 3.8) is 0 Å². The molecule has 2 aromatic rings. The highest BCUT2D eigenvalue weighted by molar-refractivity contribution is 7.18. The molecule has 26 heavy (non-hydrogen) atoms. The topological polar surface area (TPSA) is 72.5 Å². The summed E-state index contributed by atoms with van der Waals surface area (Å²) in [5.41, 5.74) is 1.47. The van der Waals surface area contributed by atoms with Crippen LogP contribution in [0.1, 0.15) is 55.4 Å². The molecule has 1 aromatic carbocycles. The van der Waals surface area contributed by atoms with Crippen molar-refractivity contribution in [3.05, 3.63) is 51.1 Å². The minimum Gasteiger partial charge on any atom is -0.462 e. The number of ketones is 2. The maximum atomic E-state index is 13.6. The van der Waals surface area contributed by atoms with Gasteiger partial charge in [-0.3, -0.25) is 9.59 Å². The molecule has 0 amide bonds. The molecule has 5 nitrogen and oxygen atoms in total. The van der Waals surface area contributed by atoms with E-state index in [1.165, 1.54) is 19.1 Å². The first kappa shape index (κ1) is 19.8. The quantitative estimate of drug-likeness (QED) is 0.579. The Morgan fingerprint density at radius 3 is 2.50 bits per heavy atom. The lowest BCUT2D eigenvalue weighted by Crippen LogP contribution is -2.16. The normalized spacial score (nSPS) is 10.5. The summed E-state index contributed by atoms with van der Waals surface area (Å²) in [7, 11) is 0. The van der Waals surface area contributed by atoms with Crippen LogP contribution in [-0.4, -0.2) is 30.7 Å².